The molecule has 4 fully saturated rings. The lowest BCUT2D eigenvalue weighted by atomic mass is 9.33. The summed E-state index contributed by atoms with van der Waals surface area (Å²) >= 11 is 0. The highest BCUT2D eigenvalue weighted by molar-refractivity contribution is 5.90. The van der Waals surface area contributed by atoms with Crippen molar-refractivity contribution in [1.82, 2.24) is 0 Å². The van der Waals surface area contributed by atoms with Crippen LogP contribution in [0, 0.1) is 50.2 Å². The largest absolute Gasteiger partial charge is 0.481 e. The number of allylic oxidation sites excluding steroid dienone is 2. The first-order valence-electron chi connectivity index (χ1n) is 13.9. The molecule has 9 atom stereocenters. The lowest BCUT2D eigenvalue weighted by molar-refractivity contribution is -0.206. The van der Waals surface area contributed by atoms with E-state index in [1.807, 2.05) is 6.92 Å². The number of aliphatic hydroxyl groups is 2. The van der Waals surface area contributed by atoms with Crippen LogP contribution in [-0.2, 0) is 9.59 Å². The maximum Gasteiger partial charge on any atom is 0.310 e. The number of carboxylic acids is 1. The predicted molar refractivity (Wildman–Crippen MR) is 134 cm³/mol. The number of carbonyl (C=O) groups is 2. The molecule has 0 amide bonds. The number of aliphatic carboxylic acids is 1. The number of fused-ring (bicyclic) bond motifs is 7. The molecule has 0 aliphatic heterocycles. The molecule has 0 radical (unpaired) electrons. The van der Waals surface area contributed by atoms with Crippen molar-refractivity contribution in [3.05, 3.63) is 11.6 Å². The van der Waals surface area contributed by atoms with E-state index in [0.717, 1.165) is 51.4 Å². The van der Waals surface area contributed by atoms with Gasteiger partial charge >= 0.3 is 5.97 Å². The van der Waals surface area contributed by atoms with Crippen LogP contribution in [0.2, 0.25) is 0 Å². The number of Topliss-reactive ketones (excluding diaryl/α,β-unsaturated/α-hetero) is 1. The maximum atomic E-state index is 13.0. The third kappa shape index (κ3) is 3.00. The van der Waals surface area contributed by atoms with Crippen molar-refractivity contribution < 1.29 is 24.9 Å². The van der Waals surface area contributed by atoms with Gasteiger partial charge in [0.25, 0.3) is 0 Å². The van der Waals surface area contributed by atoms with Gasteiger partial charge in [-0.1, -0.05) is 53.2 Å². The Kier molecular flexibility index (Phi) is 5.40. The summed E-state index contributed by atoms with van der Waals surface area (Å²) in [5.74, 6) is -0.408. The van der Waals surface area contributed by atoms with Crippen LogP contribution in [0.1, 0.15) is 99.3 Å². The van der Waals surface area contributed by atoms with E-state index in [4.69, 9.17) is 0 Å². The van der Waals surface area contributed by atoms with Crippen LogP contribution in [0.3, 0.4) is 0 Å². The lowest BCUT2D eigenvalue weighted by Crippen LogP contribution is -2.67. The van der Waals surface area contributed by atoms with Crippen LogP contribution in [0.5, 0.6) is 0 Å². The fraction of sp³-hybridized carbons (Fsp3) is 0.867. The van der Waals surface area contributed by atoms with E-state index in [0.29, 0.717) is 6.42 Å². The number of aliphatic hydroxyl groups excluding tert-OH is 2. The van der Waals surface area contributed by atoms with Crippen LogP contribution in [0.25, 0.3) is 0 Å². The van der Waals surface area contributed by atoms with Gasteiger partial charge in [-0.2, -0.15) is 0 Å². The Morgan fingerprint density at radius 2 is 1.63 bits per heavy atom. The average Bonchev–Trinajstić information content (AvgIpc) is 2.77. The van der Waals surface area contributed by atoms with Crippen molar-refractivity contribution in [3.63, 3.8) is 0 Å². The molecule has 0 spiro atoms. The Morgan fingerprint density at radius 3 is 2.26 bits per heavy atom. The summed E-state index contributed by atoms with van der Waals surface area (Å²) in [7, 11) is 0. The minimum atomic E-state index is -1.03. The van der Waals surface area contributed by atoms with Crippen LogP contribution in [0.4, 0.5) is 0 Å². The van der Waals surface area contributed by atoms with Crippen molar-refractivity contribution in [2.45, 2.75) is 105 Å². The first-order chi connectivity index (χ1) is 16.1. The second-order valence-electron chi connectivity index (χ2n) is 14.8. The summed E-state index contributed by atoms with van der Waals surface area (Å²) in [5, 5.41) is 31.7. The SMILES string of the molecule is CC1(C)CC[C@]2(C(=O)O)CC[C@]3(C)C(=CC[C@@H]4[C@@]5(C)C[C@@H](O)C(=O)[C@@](C)(CO)[C@@H]5CC[C@]43C)[C@@H]2C1. The first-order valence-corrected chi connectivity index (χ1v) is 13.9. The van der Waals surface area contributed by atoms with Gasteiger partial charge in [0, 0.05) is 0 Å². The number of ketones is 1. The molecule has 3 N–H and O–H groups in total. The van der Waals surface area contributed by atoms with Crippen LogP contribution in [-0.4, -0.2) is 39.8 Å². The predicted octanol–water partition coefficient (Wildman–Crippen LogP) is 5.39. The first kappa shape index (κ1) is 25.4. The number of rotatable bonds is 2. The number of carbonyl (C=O) groups excluding carboxylic acids is 1. The quantitative estimate of drug-likeness (QED) is 0.455. The molecule has 0 aromatic carbocycles. The Balaban J connectivity index is 1.61. The van der Waals surface area contributed by atoms with Gasteiger partial charge in [0.1, 0.15) is 6.10 Å². The molecule has 35 heavy (non-hydrogen) atoms. The normalized spacial score (nSPS) is 52.9. The summed E-state index contributed by atoms with van der Waals surface area (Å²) in [6.07, 6.45) is 8.80. The molecule has 5 aliphatic rings. The van der Waals surface area contributed by atoms with Gasteiger partial charge in [-0.3, -0.25) is 9.59 Å². The Labute approximate surface area is 210 Å². The van der Waals surface area contributed by atoms with Crippen molar-refractivity contribution in [3.8, 4) is 0 Å². The van der Waals surface area contributed by atoms with Gasteiger partial charge < -0.3 is 15.3 Å². The summed E-state index contributed by atoms with van der Waals surface area (Å²) in [4.78, 5) is 25.8. The molecule has 0 heterocycles. The molecule has 5 nitrogen and oxygen atoms in total. The molecule has 4 saturated carbocycles. The summed E-state index contributed by atoms with van der Waals surface area (Å²) in [5.41, 5.74) is -0.409. The average molecular weight is 487 g/mol. The highest BCUT2D eigenvalue weighted by atomic mass is 16.4. The Hall–Kier alpha value is -1.20. The third-order valence-electron chi connectivity index (χ3n) is 12.9. The highest BCUT2D eigenvalue weighted by Gasteiger charge is 2.70. The van der Waals surface area contributed by atoms with Crippen molar-refractivity contribution >= 4 is 11.8 Å². The van der Waals surface area contributed by atoms with Gasteiger partial charge in [0.05, 0.1) is 17.4 Å². The number of hydrogen-bond acceptors (Lipinski definition) is 4. The monoisotopic (exact) mass is 486 g/mol. The van der Waals surface area contributed by atoms with Gasteiger partial charge in [-0.15, -0.1) is 0 Å². The number of hydrogen-bond donors (Lipinski definition) is 3. The van der Waals surface area contributed by atoms with Crippen LogP contribution < -0.4 is 0 Å². The maximum absolute atomic E-state index is 13.0. The molecule has 5 rings (SSSR count). The molecule has 0 aromatic rings. The van der Waals surface area contributed by atoms with Gasteiger partial charge in [0.15, 0.2) is 5.78 Å². The fourth-order valence-electron chi connectivity index (χ4n) is 10.6. The van der Waals surface area contributed by atoms with E-state index in [1.54, 1.807) is 0 Å². The van der Waals surface area contributed by atoms with Gasteiger partial charge in [-0.05, 0) is 97.2 Å². The molecule has 0 aromatic heterocycles. The second-order valence-corrected chi connectivity index (χ2v) is 14.8. The van der Waals surface area contributed by atoms with E-state index in [-0.39, 0.29) is 51.8 Å². The standard InChI is InChI=1S/C30H46O5/c1-25(2)11-13-30(24(34)35)14-12-28(5)18(19(30)15-25)7-8-22-26(3)16-20(32)23(33)27(4,17-31)21(26)9-10-29(22,28)6/h7,19-22,31-32H,8-17H2,1-6H3,(H,34,35)/t19-,20+,21+,22+,26-,27-,28+,29+,30-/m0/s1. The lowest BCUT2D eigenvalue weighted by Gasteiger charge is -2.70. The van der Waals surface area contributed by atoms with Crippen LogP contribution in [0.15, 0.2) is 11.6 Å². The van der Waals surface area contributed by atoms with Crippen molar-refractivity contribution in [2.75, 3.05) is 6.61 Å². The van der Waals surface area contributed by atoms with E-state index >= 15 is 0 Å². The summed E-state index contributed by atoms with van der Waals surface area (Å²) in [6, 6.07) is 0. The summed E-state index contributed by atoms with van der Waals surface area (Å²) in [6.45, 7) is 13.3. The molecule has 0 saturated heterocycles. The highest BCUT2D eigenvalue weighted by Crippen LogP contribution is 2.75. The van der Waals surface area contributed by atoms with Gasteiger partial charge in [-0.25, -0.2) is 0 Å². The molecule has 5 aliphatic carbocycles. The molecule has 0 bridgehead atoms. The second kappa shape index (κ2) is 7.43. The molecular formula is C30H46O5. The van der Waals surface area contributed by atoms with E-state index in [1.165, 1.54) is 5.57 Å². The number of carboxylic acid groups (broad SMARTS) is 1. The minimum Gasteiger partial charge on any atom is -0.481 e. The Bertz CT molecular complexity index is 983. The van der Waals surface area contributed by atoms with E-state index in [2.05, 4.69) is 40.7 Å². The van der Waals surface area contributed by atoms with Crippen molar-refractivity contribution in [1.29, 1.82) is 0 Å². The topological polar surface area (TPSA) is 94.8 Å². The zero-order valence-corrected chi connectivity index (χ0v) is 22.6. The third-order valence-corrected chi connectivity index (χ3v) is 12.9. The minimum absolute atomic E-state index is 0.0366. The molecule has 196 valence electrons. The van der Waals surface area contributed by atoms with Crippen molar-refractivity contribution in [2.24, 2.45) is 50.2 Å². The smallest absolute Gasteiger partial charge is 0.310 e. The van der Waals surface area contributed by atoms with Crippen LogP contribution >= 0.6 is 0 Å². The zero-order chi connectivity index (χ0) is 25.8. The van der Waals surface area contributed by atoms with E-state index in [9.17, 15) is 24.9 Å². The summed E-state index contributed by atoms with van der Waals surface area (Å²) < 4.78 is 0. The molecular weight excluding hydrogens is 440 g/mol. The Morgan fingerprint density at radius 1 is 0.971 bits per heavy atom. The molecule has 0 unspecified atom stereocenters. The van der Waals surface area contributed by atoms with E-state index < -0.39 is 22.9 Å². The van der Waals surface area contributed by atoms with Gasteiger partial charge in [0.2, 0.25) is 0 Å². The zero-order valence-electron chi connectivity index (χ0n) is 22.6. The fourth-order valence-corrected chi connectivity index (χ4v) is 10.6. The molecule has 5 heteroatoms.